The second-order valence-electron chi connectivity index (χ2n) is 3.39. The van der Waals surface area contributed by atoms with E-state index in [1.807, 2.05) is 13.0 Å². The Hall–Kier alpha value is -2.02. The quantitative estimate of drug-likeness (QED) is 0.749. The van der Waals surface area contributed by atoms with Crippen LogP contribution in [0.25, 0.3) is 0 Å². The van der Waals surface area contributed by atoms with Crippen molar-refractivity contribution in [3.63, 3.8) is 0 Å². The molecule has 0 heterocycles. The van der Waals surface area contributed by atoms with Crippen molar-refractivity contribution in [1.82, 2.24) is 0 Å². The van der Waals surface area contributed by atoms with Gasteiger partial charge in [0.25, 0.3) is 0 Å². The molecule has 0 aliphatic carbocycles. The van der Waals surface area contributed by atoms with E-state index in [0.29, 0.717) is 29.9 Å². The van der Waals surface area contributed by atoms with Crippen LogP contribution in [0.15, 0.2) is 12.1 Å². The highest BCUT2D eigenvalue weighted by Crippen LogP contribution is 2.23. The summed E-state index contributed by atoms with van der Waals surface area (Å²) in [6.07, 6.45) is 0.639. The summed E-state index contributed by atoms with van der Waals surface area (Å²) in [5.41, 5.74) is 1.40. The Labute approximate surface area is 101 Å². The summed E-state index contributed by atoms with van der Waals surface area (Å²) >= 11 is 0. The van der Waals surface area contributed by atoms with Crippen LogP contribution in [0.4, 0.5) is 0 Å². The molecule has 0 saturated heterocycles. The predicted molar refractivity (Wildman–Crippen MR) is 63.0 cm³/mol. The molecule has 1 aromatic carbocycles. The lowest BCUT2D eigenvalue weighted by molar-refractivity contribution is 0.0524. The molecule has 0 radical (unpaired) electrons. The minimum atomic E-state index is -0.455. The number of rotatable bonds is 4. The molecular formula is C13H15NO3. The van der Waals surface area contributed by atoms with E-state index in [4.69, 9.17) is 14.7 Å². The van der Waals surface area contributed by atoms with Gasteiger partial charge in [-0.2, -0.15) is 5.26 Å². The molecule has 0 N–H and O–H groups in total. The molecule has 4 nitrogen and oxygen atoms in total. The zero-order valence-corrected chi connectivity index (χ0v) is 10.2. The lowest BCUT2D eigenvalue weighted by Gasteiger charge is -2.11. The van der Waals surface area contributed by atoms with Crippen LogP contribution >= 0.6 is 0 Å². The zero-order chi connectivity index (χ0) is 12.8. The summed E-state index contributed by atoms with van der Waals surface area (Å²) in [7, 11) is 1.53. The minimum Gasteiger partial charge on any atom is -0.497 e. The van der Waals surface area contributed by atoms with Gasteiger partial charge < -0.3 is 9.47 Å². The Bertz CT molecular complexity index is 460. The topological polar surface area (TPSA) is 59.3 Å². The van der Waals surface area contributed by atoms with E-state index in [9.17, 15) is 4.79 Å². The van der Waals surface area contributed by atoms with Gasteiger partial charge in [0, 0.05) is 0 Å². The Kier molecular flexibility index (Phi) is 4.53. The summed E-state index contributed by atoms with van der Waals surface area (Å²) in [5, 5.41) is 9.06. The Morgan fingerprint density at radius 1 is 1.41 bits per heavy atom. The van der Waals surface area contributed by atoms with Crippen LogP contribution in [0.5, 0.6) is 5.75 Å². The third kappa shape index (κ3) is 2.76. The van der Waals surface area contributed by atoms with Gasteiger partial charge in [-0.05, 0) is 31.0 Å². The van der Waals surface area contributed by atoms with Gasteiger partial charge in [-0.1, -0.05) is 6.92 Å². The standard InChI is InChI=1S/C13H15NO3/c1-4-9-6-11(16-3)7-10(8-14)12(9)13(15)17-5-2/h6-7H,4-5H2,1-3H3. The van der Waals surface area contributed by atoms with E-state index in [-0.39, 0.29) is 0 Å². The van der Waals surface area contributed by atoms with Crippen LogP contribution in [-0.2, 0) is 11.2 Å². The third-order valence-corrected chi connectivity index (χ3v) is 2.41. The smallest absolute Gasteiger partial charge is 0.339 e. The van der Waals surface area contributed by atoms with Crippen molar-refractivity contribution in [2.24, 2.45) is 0 Å². The van der Waals surface area contributed by atoms with Crippen molar-refractivity contribution in [3.8, 4) is 11.8 Å². The number of ether oxygens (including phenoxy) is 2. The van der Waals surface area contributed by atoms with Crippen molar-refractivity contribution in [2.45, 2.75) is 20.3 Å². The zero-order valence-electron chi connectivity index (χ0n) is 10.2. The van der Waals surface area contributed by atoms with Crippen molar-refractivity contribution < 1.29 is 14.3 Å². The first-order chi connectivity index (χ1) is 8.17. The van der Waals surface area contributed by atoms with E-state index in [1.54, 1.807) is 19.1 Å². The van der Waals surface area contributed by atoms with E-state index < -0.39 is 5.97 Å². The van der Waals surface area contributed by atoms with E-state index >= 15 is 0 Å². The van der Waals surface area contributed by atoms with Crippen LogP contribution in [0.2, 0.25) is 0 Å². The average Bonchev–Trinajstić information content (AvgIpc) is 2.37. The fraction of sp³-hybridized carbons (Fsp3) is 0.385. The fourth-order valence-corrected chi connectivity index (χ4v) is 1.60. The number of carbonyl (C=O) groups excluding carboxylic acids is 1. The van der Waals surface area contributed by atoms with Gasteiger partial charge in [-0.25, -0.2) is 4.79 Å². The molecule has 0 aliphatic heterocycles. The molecule has 0 aromatic heterocycles. The van der Waals surface area contributed by atoms with Crippen LogP contribution in [-0.4, -0.2) is 19.7 Å². The van der Waals surface area contributed by atoms with Crippen molar-refractivity contribution >= 4 is 5.97 Å². The molecule has 4 heteroatoms. The molecule has 0 fully saturated rings. The van der Waals surface area contributed by atoms with E-state index in [2.05, 4.69) is 0 Å². The molecular weight excluding hydrogens is 218 g/mol. The summed E-state index contributed by atoms with van der Waals surface area (Å²) in [6, 6.07) is 5.31. The molecule has 0 atom stereocenters. The van der Waals surface area contributed by atoms with Gasteiger partial charge in [-0.3, -0.25) is 0 Å². The fourth-order valence-electron chi connectivity index (χ4n) is 1.60. The maximum Gasteiger partial charge on any atom is 0.339 e. The van der Waals surface area contributed by atoms with Crippen LogP contribution in [0.1, 0.15) is 35.3 Å². The number of hydrogen-bond donors (Lipinski definition) is 0. The summed E-state index contributed by atoms with van der Waals surface area (Å²) in [4.78, 5) is 11.8. The number of methoxy groups -OCH3 is 1. The van der Waals surface area contributed by atoms with Gasteiger partial charge in [0.15, 0.2) is 0 Å². The minimum absolute atomic E-state index is 0.291. The molecule has 0 bridgehead atoms. The van der Waals surface area contributed by atoms with Crippen LogP contribution in [0, 0.1) is 11.3 Å². The number of aryl methyl sites for hydroxylation is 1. The molecule has 17 heavy (non-hydrogen) atoms. The largest absolute Gasteiger partial charge is 0.497 e. The molecule has 1 rings (SSSR count). The normalized spacial score (nSPS) is 9.53. The molecule has 0 amide bonds. The molecule has 0 saturated carbocycles. The number of esters is 1. The maximum absolute atomic E-state index is 11.8. The van der Waals surface area contributed by atoms with Gasteiger partial charge in [-0.15, -0.1) is 0 Å². The Balaban J connectivity index is 3.35. The Morgan fingerprint density at radius 2 is 2.12 bits per heavy atom. The first kappa shape index (κ1) is 13.0. The molecule has 0 spiro atoms. The van der Waals surface area contributed by atoms with Gasteiger partial charge in [0.1, 0.15) is 11.8 Å². The number of nitrogens with zero attached hydrogens (tertiary/aromatic N) is 1. The summed E-state index contributed by atoms with van der Waals surface area (Å²) < 4.78 is 10.0. The van der Waals surface area contributed by atoms with Crippen molar-refractivity contribution in [2.75, 3.05) is 13.7 Å². The number of nitriles is 1. The number of hydrogen-bond acceptors (Lipinski definition) is 4. The van der Waals surface area contributed by atoms with Gasteiger partial charge >= 0.3 is 5.97 Å². The first-order valence-corrected chi connectivity index (χ1v) is 5.46. The number of carbonyl (C=O) groups is 1. The second kappa shape index (κ2) is 5.90. The van der Waals surface area contributed by atoms with Crippen molar-refractivity contribution in [3.05, 3.63) is 28.8 Å². The highest BCUT2D eigenvalue weighted by molar-refractivity contribution is 5.94. The van der Waals surface area contributed by atoms with Crippen LogP contribution < -0.4 is 4.74 Å². The summed E-state index contributed by atoms with van der Waals surface area (Å²) in [5.74, 6) is 0.120. The van der Waals surface area contributed by atoms with E-state index in [1.165, 1.54) is 7.11 Å². The third-order valence-electron chi connectivity index (χ3n) is 2.41. The van der Waals surface area contributed by atoms with E-state index in [0.717, 1.165) is 5.56 Å². The highest BCUT2D eigenvalue weighted by atomic mass is 16.5. The van der Waals surface area contributed by atoms with Crippen molar-refractivity contribution in [1.29, 1.82) is 5.26 Å². The highest BCUT2D eigenvalue weighted by Gasteiger charge is 2.18. The molecule has 0 aliphatic rings. The second-order valence-corrected chi connectivity index (χ2v) is 3.39. The lowest BCUT2D eigenvalue weighted by atomic mass is 9.99. The SMILES string of the molecule is CCOC(=O)c1c(C#N)cc(OC)cc1CC. The number of benzene rings is 1. The van der Waals surface area contributed by atoms with Gasteiger partial charge in [0.2, 0.25) is 0 Å². The van der Waals surface area contributed by atoms with Gasteiger partial charge in [0.05, 0.1) is 24.8 Å². The lowest BCUT2D eigenvalue weighted by Crippen LogP contribution is -2.10. The Morgan fingerprint density at radius 3 is 2.59 bits per heavy atom. The first-order valence-electron chi connectivity index (χ1n) is 5.46. The maximum atomic E-state index is 11.8. The monoisotopic (exact) mass is 233 g/mol. The summed E-state index contributed by atoms with van der Waals surface area (Å²) in [6.45, 7) is 3.94. The van der Waals surface area contributed by atoms with Crippen LogP contribution in [0.3, 0.4) is 0 Å². The average molecular weight is 233 g/mol. The molecule has 90 valence electrons. The predicted octanol–water partition coefficient (Wildman–Crippen LogP) is 2.31. The molecule has 1 aromatic rings. The molecule has 0 unspecified atom stereocenters.